The highest BCUT2D eigenvalue weighted by Gasteiger charge is 2.31. The van der Waals surface area contributed by atoms with Crippen LogP contribution in [0.15, 0.2) is 54.3 Å². The minimum atomic E-state index is -0.314. The average Bonchev–Trinajstić information content (AvgIpc) is 3.07. The van der Waals surface area contributed by atoms with E-state index in [2.05, 4.69) is 4.98 Å². The van der Waals surface area contributed by atoms with Crippen LogP contribution in [-0.2, 0) is 13.6 Å². The number of benzene rings is 2. The van der Waals surface area contributed by atoms with Gasteiger partial charge in [0.1, 0.15) is 23.2 Å². The van der Waals surface area contributed by atoms with Crippen LogP contribution in [0.5, 0.6) is 0 Å². The van der Waals surface area contributed by atoms with Crippen LogP contribution in [0.4, 0.5) is 4.39 Å². The Labute approximate surface area is 144 Å². The van der Waals surface area contributed by atoms with Crippen molar-refractivity contribution in [2.45, 2.75) is 6.54 Å². The lowest BCUT2D eigenvalue weighted by Crippen LogP contribution is -2.26. The lowest BCUT2D eigenvalue weighted by molar-refractivity contribution is 0.344. The summed E-state index contributed by atoms with van der Waals surface area (Å²) in [7, 11) is 1.86. The first-order chi connectivity index (χ1) is 12.1. The van der Waals surface area contributed by atoms with Crippen molar-refractivity contribution < 1.29 is 9.50 Å². The average molecular weight is 336 g/mol. The minimum absolute atomic E-state index is 0.0831. The Balaban J connectivity index is 1.69. The smallest absolute Gasteiger partial charge is 0.148 e. The standard InChI is InChI=1S/C19H17FN4O/c1-23-15-9-5-4-8-14(15)22-19(23)17-16(25)11-24(18(17)21)10-12-6-2-3-7-13(12)20/h2-9,21,25H,10-11H2,1H3. The Hall–Kier alpha value is -3.15. The number of aliphatic hydroxyl groups excluding tert-OH is 1. The number of rotatable bonds is 3. The van der Waals surface area contributed by atoms with Crippen molar-refractivity contribution in [1.29, 1.82) is 5.41 Å². The second kappa shape index (κ2) is 5.73. The number of hydrogen-bond donors (Lipinski definition) is 2. The molecule has 0 radical (unpaired) electrons. The fourth-order valence-electron chi connectivity index (χ4n) is 3.20. The minimum Gasteiger partial charge on any atom is -0.510 e. The monoisotopic (exact) mass is 336 g/mol. The third-order valence-electron chi connectivity index (χ3n) is 4.51. The highest BCUT2D eigenvalue weighted by Crippen LogP contribution is 2.30. The molecule has 0 amide bonds. The van der Waals surface area contributed by atoms with E-state index in [0.717, 1.165) is 11.0 Å². The molecule has 0 atom stereocenters. The summed E-state index contributed by atoms with van der Waals surface area (Å²) in [5.74, 6) is 0.463. The first kappa shape index (κ1) is 15.4. The Morgan fingerprint density at radius 3 is 2.64 bits per heavy atom. The number of aliphatic hydroxyl groups is 1. The van der Waals surface area contributed by atoms with E-state index >= 15 is 0 Å². The number of halogens is 1. The molecule has 1 aliphatic heterocycles. The second-order valence-corrected chi connectivity index (χ2v) is 6.10. The van der Waals surface area contributed by atoms with Gasteiger partial charge in [0, 0.05) is 19.2 Å². The summed E-state index contributed by atoms with van der Waals surface area (Å²) in [5.41, 5.74) is 2.63. The third-order valence-corrected chi connectivity index (χ3v) is 4.51. The van der Waals surface area contributed by atoms with Gasteiger partial charge in [-0.15, -0.1) is 0 Å². The number of aryl methyl sites for hydroxylation is 1. The Morgan fingerprint density at radius 1 is 1.16 bits per heavy atom. The molecule has 6 heteroatoms. The zero-order valence-electron chi connectivity index (χ0n) is 13.7. The van der Waals surface area contributed by atoms with Crippen LogP contribution >= 0.6 is 0 Å². The van der Waals surface area contributed by atoms with Crippen LogP contribution in [0.2, 0.25) is 0 Å². The van der Waals surface area contributed by atoms with Gasteiger partial charge in [-0.05, 0) is 18.2 Å². The molecule has 0 unspecified atom stereocenters. The molecule has 2 heterocycles. The first-order valence-electron chi connectivity index (χ1n) is 7.97. The predicted octanol–water partition coefficient (Wildman–Crippen LogP) is 3.47. The Kier molecular flexibility index (Phi) is 3.53. The molecule has 1 aromatic heterocycles. The maximum atomic E-state index is 13.9. The molecule has 4 rings (SSSR count). The van der Waals surface area contributed by atoms with Crippen molar-refractivity contribution in [2.24, 2.45) is 7.05 Å². The van der Waals surface area contributed by atoms with Crippen molar-refractivity contribution in [3.63, 3.8) is 0 Å². The van der Waals surface area contributed by atoms with Gasteiger partial charge in [-0.2, -0.15) is 0 Å². The largest absolute Gasteiger partial charge is 0.510 e. The second-order valence-electron chi connectivity index (χ2n) is 6.10. The predicted molar refractivity (Wildman–Crippen MR) is 94.8 cm³/mol. The van der Waals surface area contributed by atoms with E-state index in [0.29, 0.717) is 17.0 Å². The number of hydrogen-bond acceptors (Lipinski definition) is 3. The van der Waals surface area contributed by atoms with Crippen molar-refractivity contribution in [3.05, 3.63) is 71.5 Å². The van der Waals surface area contributed by atoms with E-state index in [4.69, 9.17) is 5.41 Å². The first-order valence-corrected chi connectivity index (χ1v) is 7.97. The number of imidazole rings is 1. The molecule has 25 heavy (non-hydrogen) atoms. The van der Waals surface area contributed by atoms with Crippen LogP contribution in [-0.4, -0.2) is 31.9 Å². The molecule has 2 N–H and O–H groups in total. The number of para-hydroxylation sites is 2. The van der Waals surface area contributed by atoms with Crippen molar-refractivity contribution in [3.8, 4) is 0 Å². The molecule has 0 aliphatic carbocycles. The van der Waals surface area contributed by atoms with Crippen LogP contribution in [0.3, 0.4) is 0 Å². The molecule has 0 saturated carbocycles. The molecule has 2 aromatic carbocycles. The van der Waals surface area contributed by atoms with Gasteiger partial charge in [0.05, 0.1) is 23.2 Å². The van der Waals surface area contributed by atoms with Gasteiger partial charge < -0.3 is 14.6 Å². The number of aromatic nitrogens is 2. The highest BCUT2D eigenvalue weighted by molar-refractivity contribution is 6.23. The number of amidine groups is 1. The van der Waals surface area contributed by atoms with E-state index in [-0.39, 0.29) is 30.5 Å². The molecular weight excluding hydrogens is 319 g/mol. The van der Waals surface area contributed by atoms with Gasteiger partial charge >= 0.3 is 0 Å². The molecule has 0 spiro atoms. The summed E-state index contributed by atoms with van der Waals surface area (Å²) in [4.78, 5) is 6.20. The zero-order valence-corrected chi connectivity index (χ0v) is 13.7. The zero-order chi connectivity index (χ0) is 17.6. The van der Waals surface area contributed by atoms with Gasteiger partial charge in [-0.25, -0.2) is 9.37 Å². The summed E-state index contributed by atoms with van der Waals surface area (Å²) < 4.78 is 15.8. The van der Waals surface area contributed by atoms with Crippen LogP contribution in [0.25, 0.3) is 16.6 Å². The Bertz CT molecular complexity index is 1020. The maximum Gasteiger partial charge on any atom is 0.148 e. The Morgan fingerprint density at radius 2 is 1.88 bits per heavy atom. The summed E-state index contributed by atoms with van der Waals surface area (Å²) in [6, 6.07) is 14.1. The molecule has 5 nitrogen and oxygen atoms in total. The van der Waals surface area contributed by atoms with E-state index in [9.17, 15) is 9.50 Å². The maximum absolute atomic E-state index is 13.9. The third kappa shape index (κ3) is 2.46. The number of nitrogens with one attached hydrogen (secondary N) is 1. The quantitative estimate of drug-likeness (QED) is 0.770. The summed E-state index contributed by atoms with van der Waals surface area (Å²) in [6.07, 6.45) is 0. The highest BCUT2D eigenvalue weighted by atomic mass is 19.1. The molecule has 3 aromatic rings. The van der Waals surface area contributed by atoms with Gasteiger partial charge in [0.25, 0.3) is 0 Å². The van der Waals surface area contributed by atoms with E-state index in [1.54, 1.807) is 23.1 Å². The summed E-state index contributed by atoms with van der Waals surface area (Å²) in [6.45, 7) is 0.398. The van der Waals surface area contributed by atoms with Crippen molar-refractivity contribution in [2.75, 3.05) is 6.54 Å². The van der Waals surface area contributed by atoms with E-state index < -0.39 is 0 Å². The lowest BCUT2D eigenvalue weighted by atomic mass is 10.2. The van der Waals surface area contributed by atoms with Crippen molar-refractivity contribution >= 4 is 22.4 Å². The topological polar surface area (TPSA) is 65.1 Å². The SMILES string of the molecule is Cn1c(C2=C(O)CN(Cc3ccccc3F)C2=N)nc2ccccc21. The van der Waals surface area contributed by atoms with Crippen molar-refractivity contribution in [1.82, 2.24) is 14.5 Å². The molecule has 126 valence electrons. The van der Waals surface area contributed by atoms with Gasteiger partial charge in [-0.3, -0.25) is 5.41 Å². The summed E-state index contributed by atoms with van der Waals surface area (Å²) >= 11 is 0. The van der Waals surface area contributed by atoms with Crippen LogP contribution in [0, 0.1) is 11.2 Å². The molecule has 1 aliphatic rings. The number of nitrogens with zero attached hydrogens (tertiary/aromatic N) is 3. The fraction of sp³-hybridized carbons (Fsp3) is 0.158. The fourth-order valence-corrected chi connectivity index (χ4v) is 3.20. The molecule has 0 fully saturated rings. The summed E-state index contributed by atoms with van der Waals surface area (Å²) in [5, 5.41) is 18.9. The molecule has 0 saturated heterocycles. The number of fused-ring (bicyclic) bond motifs is 1. The van der Waals surface area contributed by atoms with Crippen LogP contribution in [0.1, 0.15) is 11.4 Å². The molecule has 0 bridgehead atoms. The normalized spacial score (nSPS) is 14.8. The van der Waals surface area contributed by atoms with Crippen LogP contribution < -0.4 is 0 Å². The van der Waals surface area contributed by atoms with Gasteiger partial charge in [0.15, 0.2) is 0 Å². The van der Waals surface area contributed by atoms with Gasteiger partial charge in [-0.1, -0.05) is 30.3 Å². The molecular formula is C19H17FN4O. The van der Waals surface area contributed by atoms with E-state index in [1.165, 1.54) is 6.07 Å². The lowest BCUT2D eigenvalue weighted by Gasteiger charge is -2.19. The van der Waals surface area contributed by atoms with E-state index in [1.807, 2.05) is 35.9 Å². The van der Waals surface area contributed by atoms with Gasteiger partial charge in [0.2, 0.25) is 0 Å².